The number of rotatable bonds is 1. The highest BCUT2D eigenvalue weighted by molar-refractivity contribution is 9.10. The lowest BCUT2D eigenvalue weighted by atomic mass is 9.92. The molecule has 0 saturated heterocycles. The minimum Gasteiger partial charge on any atom is -0.292 e. The molecule has 0 amide bonds. The van der Waals surface area contributed by atoms with Gasteiger partial charge in [0.25, 0.3) is 0 Å². The Morgan fingerprint density at radius 2 is 1.23 bits per heavy atom. The van der Waals surface area contributed by atoms with Crippen LogP contribution in [0.25, 0.3) is 10.8 Å². The number of hydrogen-bond acceptors (Lipinski definition) is 2. The van der Waals surface area contributed by atoms with E-state index in [4.69, 9.17) is 0 Å². The average molecular weight is 351 g/mol. The summed E-state index contributed by atoms with van der Waals surface area (Å²) < 4.78 is -1.30. The zero-order valence-electron chi connectivity index (χ0n) is 11.5. The lowest BCUT2D eigenvalue weighted by Gasteiger charge is -2.19. The Balaban J connectivity index is 1.94. The van der Waals surface area contributed by atoms with Gasteiger partial charge in [0.1, 0.15) is 0 Å². The van der Waals surface area contributed by atoms with Crippen LogP contribution in [0, 0.1) is 0 Å². The van der Waals surface area contributed by atoms with Crippen molar-refractivity contribution in [2.45, 2.75) is 4.32 Å². The van der Waals surface area contributed by atoms with E-state index in [1.807, 2.05) is 42.5 Å². The van der Waals surface area contributed by atoms with E-state index in [2.05, 4.69) is 15.9 Å². The molecule has 1 aliphatic carbocycles. The van der Waals surface area contributed by atoms with Crippen LogP contribution in [-0.2, 0) is 4.32 Å². The van der Waals surface area contributed by atoms with Crippen molar-refractivity contribution >= 4 is 38.3 Å². The Morgan fingerprint density at radius 1 is 0.682 bits per heavy atom. The highest BCUT2D eigenvalue weighted by atomic mass is 79.9. The van der Waals surface area contributed by atoms with Gasteiger partial charge < -0.3 is 0 Å². The van der Waals surface area contributed by atoms with Crippen molar-refractivity contribution in [3.63, 3.8) is 0 Å². The summed E-state index contributed by atoms with van der Waals surface area (Å²) in [5.74, 6) is -0.383. The summed E-state index contributed by atoms with van der Waals surface area (Å²) in [6.07, 6.45) is 0. The van der Waals surface area contributed by atoms with Crippen molar-refractivity contribution in [3.05, 3.63) is 83.4 Å². The third-order valence-electron chi connectivity index (χ3n) is 4.19. The van der Waals surface area contributed by atoms with E-state index in [0.29, 0.717) is 16.7 Å². The average Bonchev–Trinajstić information content (AvgIpc) is 2.77. The molecule has 0 unspecified atom stereocenters. The summed E-state index contributed by atoms with van der Waals surface area (Å²) >= 11 is 3.45. The van der Waals surface area contributed by atoms with Gasteiger partial charge in [0, 0.05) is 11.1 Å². The van der Waals surface area contributed by atoms with Crippen molar-refractivity contribution in [1.29, 1.82) is 0 Å². The lowest BCUT2D eigenvalue weighted by Crippen LogP contribution is -2.31. The number of carbonyl (C=O) groups is 2. The van der Waals surface area contributed by atoms with Crippen LogP contribution in [0.3, 0.4) is 0 Å². The first-order chi connectivity index (χ1) is 10.6. The molecule has 3 aromatic carbocycles. The van der Waals surface area contributed by atoms with Crippen LogP contribution in [0.1, 0.15) is 26.3 Å². The van der Waals surface area contributed by atoms with Gasteiger partial charge in [0.15, 0.2) is 15.9 Å². The number of hydrogen-bond donors (Lipinski definition) is 0. The van der Waals surface area contributed by atoms with Gasteiger partial charge in [-0.3, -0.25) is 9.59 Å². The lowest BCUT2D eigenvalue weighted by molar-refractivity contribution is 0.0871. The van der Waals surface area contributed by atoms with Crippen LogP contribution < -0.4 is 0 Å². The normalized spacial score (nSPS) is 16.0. The van der Waals surface area contributed by atoms with Gasteiger partial charge in [-0.25, -0.2) is 0 Å². The molecular weight excluding hydrogens is 340 g/mol. The number of benzene rings is 3. The van der Waals surface area contributed by atoms with E-state index < -0.39 is 4.32 Å². The number of fused-ring (bicyclic) bond motifs is 2. The maximum absolute atomic E-state index is 12.8. The molecule has 4 rings (SSSR count). The summed E-state index contributed by atoms with van der Waals surface area (Å²) in [6.45, 7) is 0. The van der Waals surface area contributed by atoms with Crippen molar-refractivity contribution in [2.75, 3.05) is 0 Å². The minimum absolute atomic E-state index is 0.191. The van der Waals surface area contributed by atoms with Gasteiger partial charge in [-0.2, -0.15) is 0 Å². The molecule has 0 spiro atoms. The third-order valence-corrected chi connectivity index (χ3v) is 5.37. The van der Waals surface area contributed by atoms with Gasteiger partial charge in [-0.1, -0.05) is 76.6 Å². The molecule has 0 atom stereocenters. The van der Waals surface area contributed by atoms with Crippen LogP contribution >= 0.6 is 15.9 Å². The minimum atomic E-state index is -1.30. The predicted molar refractivity (Wildman–Crippen MR) is 89.7 cm³/mol. The fraction of sp³-hybridized carbons (Fsp3) is 0.0526. The number of carbonyl (C=O) groups excluding carboxylic acids is 2. The van der Waals surface area contributed by atoms with Crippen molar-refractivity contribution in [2.24, 2.45) is 0 Å². The van der Waals surface area contributed by atoms with Gasteiger partial charge in [0.2, 0.25) is 0 Å². The van der Waals surface area contributed by atoms with Crippen LogP contribution in [0.15, 0.2) is 66.7 Å². The molecule has 1 aliphatic rings. The topological polar surface area (TPSA) is 34.1 Å². The second-order valence-corrected chi connectivity index (χ2v) is 6.61. The third kappa shape index (κ3) is 1.66. The fourth-order valence-electron chi connectivity index (χ4n) is 3.02. The van der Waals surface area contributed by atoms with Gasteiger partial charge >= 0.3 is 0 Å². The first-order valence-electron chi connectivity index (χ1n) is 6.99. The highest BCUT2D eigenvalue weighted by Crippen LogP contribution is 2.45. The summed E-state index contributed by atoms with van der Waals surface area (Å²) in [4.78, 5) is 25.6. The fourth-order valence-corrected chi connectivity index (χ4v) is 3.69. The Hall–Kier alpha value is -2.26. The summed E-state index contributed by atoms with van der Waals surface area (Å²) in [6, 6.07) is 20.6. The van der Waals surface area contributed by atoms with Crippen molar-refractivity contribution in [3.8, 4) is 0 Å². The number of alkyl halides is 1. The maximum Gasteiger partial charge on any atom is 0.192 e. The van der Waals surface area contributed by atoms with Crippen LogP contribution in [0.4, 0.5) is 0 Å². The van der Waals surface area contributed by atoms with E-state index in [1.165, 1.54) is 0 Å². The monoisotopic (exact) mass is 350 g/mol. The largest absolute Gasteiger partial charge is 0.292 e. The Morgan fingerprint density at radius 3 is 1.86 bits per heavy atom. The molecule has 0 N–H and O–H groups in total. The predicted octanol–water partition coefficient (Wildman–Crippen LogP) is 4.51. The van der Waals surface area contributed by atoms with Crippen LogP contribution in [0.5, 0.6) is 0 Å². The van der Waals surface area contributed by atoms with Gasteiger partial charge in [-0.05, 0) is 22.4 Å². The summed E-state index contributed by atoms with van der Waals surface area (Å²) in [5.41, 5.74) is 1.65. The maximum atomic E-state index is 12.8. The molecule has 0 bridgehead atoms. The zero-order chi connectivity index (χ0) is 15.3. The molecule has 0 fully saturated rings. The summed E-state index contributed by atoms with van der Waals surface area (Å²) in [5, 5.41) is 2.09. The molecule has 2 nitrogen and oxygen atoms in total. The van der Waals surface area contributed by atoms with Crippen LogP contribution in [-0.4, -0.2) is 11.6 Å². The van der Waals surface area contributed by atoms with Gasteiger partial charge in [0.05, 0.1) is 0 Å². The Bertz CT molecular complexity index is 908. The molecule has 0 heterocycles. The smallest absolute Gasteiger partial charge is 0.192 e. The molecule has 22 heavy (non-hydrogen) atoms. The standard InChI is InChI=1S/C19H11BrO2/c20-19(14-10-9-12-5-1-2-6-13(12)11-14)17(21)15-7-3-4-8-16(15)18(19)22/h1-11H. The van der Waals surface area contributed by atoms with Crippen molar-refractivity contribution < 1.29 is 9.59 Å². The first-order valence-corrected chi connectivity index (χ1v) is 7.78. The second-order valence-electron chi connectivity index (χ2n) is 5.42. The first kappa shape index (κ1) is 13.4. The van der Waals surface area contributed by atoms with E-state index in [9.17, 15) is 9.59 Å². The quantitative estimate of drug-likeness (QED) is 0.478. The van der Waals surface area contributed by atoms with E-state index >= 15 is 0 Å². The molecular formula is C19H11BrO2. The molecule has 0 aliphatic heterocycles. The van der Waals surface area contributed by atoms with E-state index in [1.54, 1.807) is 24.3 Å². The zero-order valence-corrected chi connectivity index (χ0v) is 13.1. The molecule has 0 aromatic heterocycles. The molecule has 0 saturated carbocycles. The molecule has 3 aromatic rings. The number of halogens is 1. The highest BCUT2D eigenvalue weighted by Gasteiger charge is 2.52. The SMILES string of the molecule is O=C1c2ccccc2C(=O)C1(Br)c1ccc2ccccc2c1. The Labute approximate surface area is 135 Å². The van der Waals surface area contributed by atoms with Crippen LogP contribution in [0.2, 0.25) is 0 Å². The number of Topliss-reactive ketones (excluding diaryl/α,β-unsaturated/α-hetero) is 2. The molecule has 0 radical (unpaired) electrons. The van der Waals surface area contributed by atoms with Gasteiger partial charge in [-0.15, -0.1) is 0 Å². The van der Waals surface area contributed by atoms with E-state index in [0.717, 1.165) is 10.8 Å². The number of ketones is 2. The van der Waals surface area contributed by atoms with Crippen molar-refractivity contribution in [1.82, 2.24) is 0 Å². The molecule has 106 valence electrons. The Kier molecular flexibility index (Phi) is 2.81. The second kappa shape index (κ2) is 4.62. The summed E-state index contributed by atoms with van der Waals surface area (Å²) in [7, 11) is 0. The molecule has 3 heteroatoms. The van der Waals surface area contributed by atoms with E-state index in [-0.39, 0.29) is 11.6 Å².